The molecule has 0 bridgehead atoms. The summed E-state index contributed by atoms with van der Waals surface area (Å²) in [6.07, 6.45) is 0.814. The van der Waals surface area contributed by atoms with E-state index >= 15 is 0 Å². The number of rotatable bonds is 4. The van der Waals surface area contributed by atoms with Crippen molar-refractivity contribution in [2.75, 3.05) is 13.1 Å². The van der Waals surface area contributed by atoms with Crippen molar-refractivity contribution in [3.8, 4) is 0 Å². The minimum atomic E-state index is -0.155. The molecular weight excluding hydrogens is 216 g/mol. The normalized spacial score (nSPS) is 25.8. The van der Waals surface area contributed by atoms with Crippen molar-refractivity contribution >= 4 is 11.8 Å². The third kappa shape index (κ3) is 3.53. The fraction of sp³-hybridized carbons (Fsp3) is 0.846. The average molecular weight is 240 g/mol. The molecular formula is C13H24N2O2. The van der Waals surface area contributed by atoms with Crippen molar-refractivity contribution in [3.05, 3.63) is 0 Å². The third-order valence-electron chi connectivity index (χ3n) is 3.27. The number of hydrogen-bond acceptors (Lipinski definition) is 3. The zero-order chi connectivity index (χ0) is 13.2. The second-order valence-corrected chi connectivity index (χ2v) is 5.94. The van der Waals surface area contributed by atoms with Crippen LogP contribution >= 0.6 is 0 Å². The Labute approximate surface area is 104 Å². The molecule has 2 atom stereocenters. The lowest BCUT2D eigenvalue weighted by atomic mass is 10.00. The summed E-state index contributed by atoms with van der Waals surface area (Å²) in [6, 6.07) is 0. The van der Waals surface area contributed by atoms with Gasteiger partial charge in [-0.25, -0.2) is 0 Å². The molecule has 4 heteroatoms. The topological polar surface area (TPSA) is 49.4 Å². The summed E-state index contributed by atoms with van der Waals surface area (Å²) in [4.78, 5) is 25.0. The molecule has 0 aliphatic carbocycles. The molecule has 1 N–H and O–H groups in total. The molecule has 2 unspecified atom stereocenters. The average Bonchev–Trinajstić information content (AvgIpc) is 2.39. The van der Waals surface area contributed by atoms with Crippen LogP contribution in [-0.4, -0.2) is 35.3 Å². The second kappa shape index (κ2) is 5.17. The van der Waals surface area contributed by atoms with E-state index in [0.29, 0.717) is 6.54 Å². The van der Waals surface area contributed by atoms with Crippen LogP contribution in [0.15, 0.2) is 0 Å². The van der Waals surface area contributed by atoms with Crippen LogP contribution in [0.4, 0.5) is 0 Å². The Bertz CT molecular complexity index is 287. The van der Waals surface area contributed by atoms with Crippen LogP contribution < -0.4 is 5.32 Å². The molecule has 1 fully saturated rings. The molecule has 1 aliphatic rings. The fourth-order valence-electron chi connectivity index (χ4n) is 1.95. The van der Waals surface area contributed by atoms with E-state index in [1.54, 1.807) is 0 Å². The number of imide groups is 1. The Balaban J connectivity index is 2.38. The predicted octanol–water partition coefficient (Wildman–Crippen LogP) is 1.41. The standard InChI is InChI=1S/C13H24N2O2/c1-9-10(2)12(17)15(11(9)16)8-6-7-14-13(3,4)5/h9-10,14H,6-8H2,1-5H3. The molecule has 17 heavy (non-hydrogen) atoms. The van der Waals surface area contributed by atoms with Crippen molar-refractivity contribution < 1.29 is 9.59 Å². The Morgan fingerprint density at radius 1 is 1.12 bits per heavy atom. The Kier molecular flexibility index (Phi) is 4.31. The summed E-state index contributed by atoms with van der Waals surface area (Å²) >= 11 is 0. The molecule has 0 saturated carbocycles. The van der Waals surface area contributed by atoms with Gasteiger partial charge in [0.15, 0.2) is 0 Å². The van der Waals surface area contributed by atoms with E-state index in [4.69, 9.17) is 0 Å². The monoisotopic (exact) mass is 240 g/mol. The zero-order valence-corrected chi connectivity index (χ0v) is 11.5. The van der Waals surface area contributed by atoms with Crippen LogP contribution in [0, 0.1) is 11.8 Å². The lowest BCUT2D eigenvalue weighted by Crippen LogP contribution is -2.39. The number of hydrogen-bond donors (Lipinski definition) is 1. The highest BCUT2D eigenvalue weighted by Crippen LogP contribution is 2.25. The number of carbonyl (C=O) groups is 2. The summed E-state index contributed by atoms with van der Waals surface area (Å²) in [5, 5.41) is 3.35. The van der Waals surface area contributed by atoms with Gasteiger partial charge in [0.2, 0.25) is 11.8 Å². The summed E-state index contributed by atoms with van der Waals surface area (Å²) in [6.45, 7) is 11.3. The summed E-state index contributed by atoms with van der Waals surface area (Å²) in [5.74, 6) is -0.340. The smallest absolute Gasteiger partial charge is 0.232 e. The maximum Gasteiger partial charge on any atom is 0.232 e. The van der Waals surface area contributed by atoms with Gasteiger partial charge in [-0.2, -0.15) is 0 Å². The molecule has 1 saturated heterocycles. The lowest BCUT2D eigenvalue weighted by Gasteiger charge is -2.21. The van der Waals surface area contributed by atoms with Crippen molar-refractivity contribution in [1.29, 1.82) is 0 Å². The summed E-state index contributed by atoms with van der Waals surface area (Å²) in [7, 11) is 0. The van der Waals surface area contributed by atoms with E-state index in [1.807, 2.05) is 13.8 Å². The van der Waals surface area contributed by atoms with Crippen LogP contribution in [0.25, 0.3) is 0 Å². The van der Waals surface area contributed by atoms with E-state index in [0.717, 1.165) is 13.0 Å². The molecule has 0 spiro atoms. The van der Waals surface area contributed by atoms with Crippen LogP contribution in [0.1, 0.15) is 41.0 Å². The van der Waals surface area contributed by atoms with Gasteiger partial charge in [-0.1, -0.05) is 13.8 Å². The number of nitrogens with zero attached hydrogens (tertiary/aromatic N) is 1. The highest BCUT2D eigenvalue weighted by Gasteiger charge is 2.41. The Morgan fingerprint density at radius 2 is 1.59 bits per heavy atom. The van der Waals surface area contributed by atoms with Gasteiger partial charge in [0.1, 0.15) is 0 Å². The number of amides is 2. The van der Waals surface area contributed by atoms with Crippen LogP contribution in [-0.2, 0) is 9.59 Å². The molecule has 0 aromatic heterocycles. The highest BCUT2D eigenvalue weighted by atomic mass is 16.2. The van der Waals surface area contributed by atoms with Gasteiger partial charge >= 0.3 is 0 Å². The van der Waals surface area contributed by atoms with E-state index in [9.17, 15) is 9.59 Å². The first kappa shape index (κ1) is 14.2. The van der Waals surface area contributed by atoms with Gasteiger partial charge in [0.05, 0.1) is 0 Å². The molecule has 1 rings (SSSR count). The molecule has 1 aliphatic heterocycles. The summed E-state index contributed by atoms with van der Waals surface area (Å²) in [5.41, 5.74) is 0.0829. The third-order valence-corrected chi connectivity index (χ3v) is 3.27. The largest absolute Gasteiger partial charge is 0.312 e. The zero-order valence-electron chi connectivity index (χ0n) is 11.5. The van der Waals surface area contributed by atoms with Crippen molar-refractivity contribution in [2.24, 2.45) is 11.8 Å². The first-order chi connectivity index (χ1) is 7.74. The molecule has 98 valence electrons. The molecule has 1 heterocycles. The molecule has 4 nitrogen and oxygen atoms in total. The minimum Gasteiger partial charge on any atom is -0.312 e. The predicted molar refractivity (Wildman–Crippen MR) is 67.4 cm³/mol. The second-order valence-electron chi connectivity index (χ2n) is 5.94. The number of nitrogens with one attached hydrogen (secondary N) is 1. The van der Waals surface area contributed by atoms with Crippen molar-refractivity contribution in [2.45, 2.75) is 46.6 Å². The van der Waals surface area contributed by atoms with E-state index in [-0.39, 0.29) is 29.2 Å². The molecule has 0 radical (unpaired) electrons. The SMILES string of the molecule is CC1C(=O)N(CCCNC(C)(C)C)C(=O)C1C. The van der Waals surface area contributed by atoms with Gasteiger partial charge in [0.25, 0.3) is 0 Å². The van der Waals surface area contributed by atoms with Crippen molar-refractivity contribution in [1.82, 2.24) is 10.2 Å². The van der Waals surface area contributed by atoms with Gasteiger partial charge in [-0.3, -0.25) is 14.5 Å². The molecule has 0 aromatic rings. The quantitative estimate of drug-likeness (QED) is 0.597. The van der Waals surface area contributed by atoms with Gasteiger partial charge in [0, 0.05) is 23.9 Å². The van der Waals surface area contributed by atoms with E-state index < -0.39 is 0 Å². The minimum absolute atomic E-state index is 0.0155. The van der Waals surface area contributed by atoms with Crippen molar-refractivity contribution in [3.63, 3.8) is 0 Å². The van der Waals surface area contributed by atoms with E-state index in [1.165, 1.54) is 4.90 Å². The molecule has 0 aromatic carbocycles. The summed E-state index contributed by atoms with van der Waals surface area (Å²) < 4.78 is 0. The first-order valence-corrected chi connectivity index (χ1v) is 6.34. The van der Waals surface area contributed by atoms with Gasteiger partial charge in [-0.15, -0.1) is 0 Å². The maximum absolute atomic E-state index is 11.8. The Hall–Kier alpha value is -0.900. The number of likely N-dealkylation sites (tertiary alicyclic amines) is 1. The van der Waals surface area contributed by atoms with E-state index in [2.05, 4.69) is 26.1 Å². The molecule has 2 amide bonds. The van der Waals surface area contributed by atoms with Gasteiger partial charge < -0.3 is 5.32 Å². The highest BCUT2D eigenvalue weighted by molar-refractivity contribution is 6.04. The van der Waals surface area contributed by atoms with Crippen LogP contribution in [0.5, 0.6) is 0 Å². The Morgan fingerprint density at radius 3 is 2.00 bits per heavy atom. The van der Waals surface area contributed by atoms with Gasteiger partial charge in [-0.05, 0) is 33.7 Å². The maximum atomic E-state index is 11.8. The van der Waals surface area contributed by atoms with Crippen LogP contribution in [0.3, 0.4) is 0 Å². The lowest BCUT2D eigenvalue weighted by molar-refractivity contribution is -0.139. The van der Waals surface area contributed by atoms with Crippen LogP contribution in [0.2, 0.25) is 0 Å². The fourth-order valence-corrected chi connectivity index (χ4v) is 1.95. The number of carbonyl (C=O) groups excluding carboxylic acids is 2. The first-order valence-electron chi connectivity index (χ1n) is 6.34.